The molecule has 0 aromatic heterocycles. The first-order valence-corrected chi connectivity index (χ1v) is 3.77. The SMILES string of the molecule is COC(=O)CNC1CC(=O)NC1=O. The molecular formula is C7H10N2O4. The van der Waals surface area contributed by atoms with Crippen molar-refractivity contribution in [2.75, 3.05) is 13.7 Å². The molecule has 0 aromatic carbocycles. The molecule has 0 bridgehead atoms. The smallest absolute Gasteiger partial charge is 0.319 e. The molecule has 0 saturated carbocycles. The summed E-state index contributed by atoms with van der Waals surface area (Å²) in [6, 6.07) is -0.605. The molecule has 1 aliphatic rings. The van der Waals surface area contributed by atoms with Gasteiger partial charge < -0.3 is 4.74 Å². The van der Waals surface area contributed by atoms with Gasteiger partial charge in [-0.1, -0.05) is 0 Å². The van der Waals surface area contributed by atoms with E-state index in [1.165, 1.54) is 7.11 Å². The van der Waals surface area contributed by atoms with Crippen LogP contribution >= 0.6 is 0 Å². The second-order valence-electron chi connectivity index (χ2n) is 2.63. The van der Waals surface area contributed by atoms with Gasteiger partial charge in [-0.25, -0.2) is 0 Å². The first-order chi connectivity index (χ1) is 6.13. The molecule has 2 N–H and O–H groups in total. The second-order valence-corrected chi connectivity index (χ2v) is 2.63. The molecule has 1 aliphatic heterocycles. The molecule has 6 heteroatoms. The number of amides is 2. The number of carbonyl (C=O) groups excluding carboxylic acids is 3. The van der Waals surface area contributed by atoms with Crippen LogP contribution in [0.3, 0.4) is 0 Å². The van der Waals surface area contributed by atoms with Crippen LogP contribution in [0.15, 0.2) is 0 Å². The Morgan fingerprint density at radius 2 is 2.38 bits per heavy atom. The first kappa shape index (κ1) is 9.66. The van der Waals surface area contributed by atoms with Crippen molar-refractivity contribution < 1.29 is 19.1 Å². The topological polar surface area (TPSA) is 84.5 Å². The maximum atomic E-state index is 10.9. The van der Waals surface area contributed by atoms with Crippen LogP contribution in [0.25, 0.3) is 0 Å². The van der Waals surface area contributed by atoms with Crippen LogP contribution in [0.1, 0.15) is 6.42 Å². The van der Waals surface area contributed by atoms with Crippen LogP contribution in [-0.4, -0.2) is 37.5 Å². The van der Waals surface area contributed by atoms with Crippen molar-refractivity contribution in [1.82, 2.24) is 10.6 Å². The highest BCUT2D eigenvalue weighted by Gasteiger charge is 2.30. The van der Waals surface area contributed by atoms with E-state index < -0.39 is 17.9 Å². The molecular weight excluding hydrogens is 176 g/mol. The lowest BCUT2D eigenvalue weighted by molar-refractivity contribution is -0.139. The van der Waals surface area contributed by atoms with Gasteiger partial charge in [-0.2, -0.15) is 0 Å². The fourth-order valence-corrected chi connectivity index (χ4v) is 0.997. The summed E-state index contributed by atoms with van der Waals surface area (Å²) in [6.45, 7) is -0.0676. The van der Waals surface area contributed by atoms with Crippen molar-refractivity contribution in [2.45, 2.75) is 12.5 Å². The Balaban J connectivity index is 2.33. The van der Waals surface area contributed by atoms with Crippen LogP contribution < -0.4 is 10.6 Å². The van der Waals surface area contributed by atoms with E-state index in [4.69, 9.17) is 0 Å². The lowest BCUT2D eigenvalue weighted by Crippen LogP contribution is -2.39. The monoisotopic (exact) mass is 186 g/mol. The Labute approximate surface area is 74.6 Å². The summed E-state index contributed by atoms with van der Waals surface area (Å²) >= 11 is 0. The minimum absolute atomic E-state index is 0.0676. The first-order valence-electron chi connectivity index (χ1n) is 3.77. The zero-order chi connectivity index (χ0) is 9.84. The van der Waals surface area contributed by atoms with Gasteiger partial charge in [0, 0.05) is 0 Å². The van der Waals surface area contributed by atoms with E-state index in [2.05, 4.69) is 15.4 Å². The molecule has 0 aliphatic carbocycles. The molecule has 72 valence electrons. The number of esters is 1. The number of ether oxygens (including phenoxy) is 1. The van der Waals surface area contributed by atoms with E-state index in [9.17, 15) is 14.4 Å². The van der Waals surface area contributed by atoms with E-state index >= 15 is 0 Å². The molecule has 0 radical (unpaired) electrons. The third-order valence-corrected chi connectivity index (χ3v) is 1.69. The molecule has 1 heterocycles. The number of hydrogen-bond donors (Lipinski definition) is 2. The molecule has 2 amide bonds. The fraction of sp³-hybridized carbons (Fsp3) is 0.571. The quantitative estimate of drug-likeness (QED) is 0.400. The molecule has 0 spiro atoms. The number of rotatable bonds is 3. The Hall–Kier alpha value is -1.43. The molecule has 1 rings (SSSR count). The summed E-state index contributed by atoms with van der Waals surface area (Å²) in [6.07, 6.45) is 0.0792. The van der Waals surface area contributed by atoms with Crippen LogP contribution in [0.5, 0.6) is 0 Å². The van der Waals surface area contributed by atoms with Gasteiger partial charge in [0.15, 0.2) is 0 Å². The Morgan fingerprint density at radius 3 is 2.85 bits per heavy atom. The lowest BCUT2D eigenvalue weighted by Gasteiger charge is -2.06. The Morgan fingerprint density at radius 1 is 1.69 bits per heavy atom. The lowest BCUT2D eigenvalue weighted by atomic mass is 10.2. The van der Waals surface area contributed by atoms with Crippen molar-refractivity contribution in [3.05, 3.63) is 0 Å². The number of imide groups is 1. The summed E-state index contributed by atoms with van der Waals surface area (Å²) in [5.74, 6) is -1.19. The summed E-state index contributed by atoms with van der Waals surface area (Å²) in [5, 5.41) is 4.72. The number of methoxy groups -OCH3 is 1. The highest BCUT2D eigenvalue weighted by Crippen LogP contribution is 2.00. The van der Waals surface area contributed by atoms with Gasteiger partial charge in [0.2, 0.25) is 11.8 Å². The Kier molecular flexibility index (Phi) is 2.97. The average molecular weight is 186 g/mol. The minimum Gasteiger partial charge on any atom is -0.468 e. The number of hydrogen-bond acceptors (Lipinski definition) is 5. The highest BCUT2D eigenvalue weighted by atomic mass is 16.5. The third kappa shape index (κ3) is 2.51. The summed E-state index contributed by atoms with van der Waals surface area (Å²) in [7, 11) is 1.25. The standard InChI is InChI=1S/C7H10N2O4/c1-13-6(11)3-8-4-2-5(10)9-7(4)12/h4,8H,2-3H2,1H3,(H,9,10,12). The van der Waals surface area contributed by atoms with Crippen molar-refractivity contribution >= 4 is 17.8 Å². The van der Waals surface area contributed by atoms with Gasteiger partial charge in [-0.15, -0.1) is 0 Å². The molecule has 13 heavy (non-hydrogen) atoms. The fourth-order valence-electron chi connectivity index (χ4n) is 0.997. The van der Waals surface area contributed by atoms with E-state index in [0.29, 0.717) is 0 Å². The highest BCUT2D eigenvalue weighted by molar-refractivity contribution is 6.05. The van der Waals surface area contributed by atoms with Crippen molar-refractivity contribution in [3.63, 3.8) is 0 Å². The van der Waals surface area contributed by atoms with Crippen molar-refractivity contribution in [1.29, 1.82) is 0 Å². The molecule has 1 fully saturated rings. The van der Waals surface area contributed by atoms with Crippen LogP contribution in [0.2, 0.25) is 0 Å². The second kappa shape index (κ2) is 3.99. The van der Waals surface area contributed by atoms with E-state index in [1.54, 1.807) is 0 Å². The van der Waals surface area contributed by atoms with Gasteiger partial charge >= 0.3 is 5.97 Å². The van der Waals surface area contributed by atoms with Crippen LogP contribution in [0, 0.1) is 0 Å². The summed E-state index contributed by atoms with van der Waals surface area (Å²) in [5.41, 5.74) is 0. The summed E-state index contributed by atoms with van der Waals surface area (Å²) < 4.78 is 4.35. The van der Waals surface area contributed by atoms with Crippen LogP contribution in [-0.2, 0) is 19.1 Å². The van der Waals surface area contributed by atoms with E-state index in [0.717, 1.165) is 0 Å². The molecule has 1 saturated heterocycles. The predicted molar refractivity (Wildman–Crippen MR) is 41.6 cm³/mol. The normalized spacial score (nSPS) is 21.5. The van der Waals surface area contributed by atoms with Crippen molar-refractivity contribution in [2.24, 2.45) is 0 Å². The zero-order valence-corrected chi connectivity index (χ0v) is 7.12. The maximum Gasteiger partial charge on any atom is 0.319 e. The van der Waals surface area contributed by atoms with Crippen LogP contribution in [0.4, 0.5) is 0 Å². The molecule has 6 nitrogen and oxygen atoms in total. The van der Waals surface area contributed by atoms with E-state index in [-0.39, 0.29) is 18.9 Å². The molecule has 1 atom stereocenters. The summed E-state index contributed by atoms with van der Waals surface area (Å²) in [4.78, 5) is 32.3. The van der Waals surface area contributed by atoms with Crippen molar-refractivity contribution in [3.8, 4) is 0 Å². The average Bonchev–Trinajstić information content (AvgIpc) is 2.41. The zero-order valence-electron chi connectivity index (χ0n) is 7.12. The number of carbonyl (C=O) groups is 3. The number of nitrogens with one attached hydrogen (secondary N) is 2. The molecule has 0 aromatic rings. The third-order valence-electron chi connectivity index (χ3n) is 1.69. The maximum absolute atomic E-state index is 10.9. The van der Waals surface area contributed by atoms with Gasteiger partial charge in [-0.3, -0.25) is 25.0 Å². The molecule has 1 unspecified atom stereocenters. The van der Waals surface area contributed by atoms with Gasteiger partial charge in [0.1, 0.15) is 0 Å². The minimum atomic E-state index is -0.605. The Bertz CT molecular complexity index is 251. The van der Waals surface area contributed by atoms with Gasteiger partial charge in [0.05, 0.1) is 26.1 Å². The van der Waals surface area contributed by atoms with Gasteiger partial charge in [0.25, 0.3) is 0 Å². The van der Waals surface area contributed by atoms with E-state index in [1.807, 2.05) is 0 Å². The predicted octanol–water partition coefficient (Wildman–Crippen LogP) is -1.84. The largest absolute Gasteiger partial charge is 0.468 e. The van der Waals surface area contributed by atoms with Gasteiger partial charge in [-0.05, 0) is 0 Å².